The Hall–Kier alpha value is -4.11. The summed E-state index contributed by atoms with van der Waals surface area (Å²) in [6, 6.07) is 44.4. The van der Waals surface area contributed by atoms with E-state index in [1.54, 1.807) is 23.5 Å². The SMILES string of the molecule is C.Clc1ccc2ccccc2n1.OB(O)c1cc2ccccc2s1.c1ccc2nc(-c3cc4ccccc4s3)ccc2c1. The number of pyridine rings is 2. The number of fused-ring (bicyclic) bond motifs is 4. The fourth-order valence-electron chi connectivity index (χ4n) is 4.48. The van der Waals surface area contributed by atoms with Gasteiger partial charge in [0.2, 0.25) is 0 Å². The number of halogens is 1. The average Bonchev–Trinajstić information content (AvgIpc) is 3.67. The fourth-order valence-corrected chi connectivity index (χ4v) is 6.61. The molecule has 0 radical (unpaired) electrons. The van der Waals surface area contributed by atoms with Crippen LogP contribution in [0.1, 0.15) is 7.43 Å². The highest BCUT2D eigenvalue weighted by molar-refractivity contribution is 7.27. The lowest BCUT2D eigenvalue weighted by Crippen LogP contribution is -2.26. The van der Waals surface area contributed by atoms with Gasteiger partial charge in [0.25, 0.3) is 0 Å². The minimum absolute atomic E-state index is 0. The van der Waals surface area contributed by atoms with E-state index in [4.69, 9.17) is 26.6 Å². The summed E-state index contributed by atoms with van der Waals surface area (Å²) in [5.74, 6) is 0. The third-order valence-corrected chi connectivity index (χ3v) is 9.05. The largest absolute Gasteiger partial charge is 0.499 e. The van der Waals surface area contributed by atoms with E-state index in [9.17, 15) is 0 Å². The van der Waals surface area contributed by atoms with Gasteiger partial charge in [0, 0.05) is 24.9 Å². The minimum atomic E-state index is -1.35. The van der Waals surface area contributed by atoms with E-state index < -0.39 is 7.12 Å². The number of aromatic nitrogens is 2. The molecule has 0 atom stereocenters. The van der Waals surface area contributed by atoms with Gasteiger partial charge in [-0.15, -0.1) is 22.7 Å². The fraction of sp³-hybridized carbons (Fsp3) is 0.0286. The highest BCUT2D eigenvalue weighted by Gasteiger charge is 2.13. The molecular formula is C35H28BClN2O2S2. The van der Waals surface area contributed by atoms with Crippen LogP contribution in [0.4, 0.5) is 0 Å². The van der Waals surface area contributed by atoms with Gasteiger partial charge in [-0.3, -0.25) is 0 Å². The van der Waals surface area contributed by atoms with Crippen molar-refractivity contribution in [1.29, 1.82) is 0 Å². The lowest BCUT2D eigenvalue weighted by atomic mass is 9.89. The molecule has 0 unspecified atom stereocenters. The average molecular weight is 619 g/mol. The van der Waals surface area contributed by atoms with Gasteiger partial charge in [0.1, 0.15) is 5.15 Å². The lowest BCUT2D eigenvalue weighted by molar-refractivity contribution is 0.427. The van der Waals surface area contributed by atoms with Crippen molar-refractivity contribution in [2.24, 2.45) is 0 Å². The van der Waals surface area contributed by atoms with Crippen molar-refractivity contribution in [3.8, 4) is 10.6 Å². The zero-order chi connectivity index (χ0) is 28.9. The number of nitrogens with zero attached hydrogens (tertiary/aromatic N) is 2. The third kappa shape index (κ3) is 7.28. The molecule has 0 aliphatic rings. The molecule has 0 saturated carbocycles. The summed E-state index contributed by atoms with van der Waals surface area (Å²) in [5, 5.41) is 23.0. The van der Waals surface area contributed by atoms with E-state index in [0.29, 0.717) is 9.93 Å². The first-order valence-electron chi connectivity index (χ1n) is 13.2. The quantitative estimate of drug-likeness (QED) is 0.150. The standard InChI is InChI=1S/C17H11NS.C9H6ClN.C8H7BO2S.CH4/c1-3-7-14-12(5-1)9-10-15(18-14)17-11-13-6-2-4-8-16(13)19-17;10-9-6-5-7-3-1-2-4-8(7)11-9;10-9(11)8-5-6-3-1-2-4-7(6)12-8;/h1-11H;1-6H;1-5,10-11H;1H4. The molecule has 4 heterocycles. The van der Waals surface area contributed by atoms with Crippen LogP contribution in [-0.4, -0.2) is 27.1 Å². The summed E-state index contributed by atoms with van der Waals surface area (Å²) < 4.78 is 2.99. The molecule has 8 heteroatoms. The zero-order valence-corrected chi connectivity index (χ0v) is 24.7. The van der Waals surface area contributed by atoms with Crippen molar-refractivity contribution >= 4 is 88.1 Å². The van der Waals surface area contributed by atoms with E-state index in [-0.39, 0.29) is 7.43 Å². The van der Waals surface area contributed by atoms with Crippen LogP contribution in [0.15, 0.2) is 133 Å². The van der Waals surface area contributed by atoms with E-state index in [0.717, 1.165) is 32.2 Å². The van der Waals surface area contributed by atoms with Crippen LogP contribution < -0.4 is 4.78 Å². The molecule has 43 heavy (non-hydrogen) atoms. The molecular weight excluding hydrogens is 591 g/mol. The van der Waals surface area contributed by atoms with Gasteiger partial charge in [0.15, 0.2) is 0 Å². The van der Waals surface area contributed by atoms with Crippen LogP contribution in [-0.2, 0) is 0 Å². The maximum atomic E-state index is 8.89. The zero-order valence-electron chi connectivity index (χ0n) is 22.3. The van der Waals surface area contributed by atoms with Gasteiger partial charge < -0.3 is 10.0 Å². The molecule has 0 saturated heterocycles. The number of para-hydroxylation sites is 2. The summed E-state index contributed by atoms with van der Waals surface area (Å²) >= 11 is 8.91. The molecule has 0 amide bonds. The number of hydrogen-bond donors (Lipinski definition) is 2. The Kier molecular flexibility index (Phi) is 9.82. The monoisotopic (exact) mass is 618 g/mol. The number of benzene rings is 4. The molecule has 0 fully saturated rings. The highest BCUT2D eigenvalue weighted by Crippen LogP contribution is 2.33. The first-order valence-corrected chi connectivity index (χ1v) is 15.3. The summed E-state index contributed by atoms with van der Waals surface area (Å²) in [5.41, 5.74) is 3.05. The first-order chi connectivity index (χ1) is 20.5. The molecule has 0 spiro atoms. The molecule has 4 aromatic carbocycles. The Balaban J connectivity index is 0.000000134. The lowest BCUT2D eigenvalue weighted by Gasteiger charge is -1.99. The molecule has 4 nitrogen and oxygen atoms in total. The van der Waals surface area contributed by atoms with Gasteiger partial charge in [-0.2, -0.15) is 0 Å². The van der Waals surface area contributed by atoms with Crippen molar-refractivity contribution in [1.82, 2.24) is 9.97 Å². The van der Waals surface area contributed by atoms with Crippen molar-refractivity contribution in [3.63, 3.8) is 0 Å². The molecule has 8 rings (SSSR count). The first kappa shape index (κ1) is 30.4. The van der Waals surface area contributed by atoms with E-state index in [1.807, 2.05) is 66.7 Å². The molecule has 8 aromatic rings. The van der Waals surface area contributed by atoms with Gasteiger partial charge in [0.05, 0.1) is 21.6 Å². The Morgan fingerprint density at radius 1 is 0.535 bits per heavy atom. The van der Waals surface area contributed by atoms with Gasteiger partial charge in [-0.25, -0.2) is 9.97 Å². The second-order valence-electron chi connectivity index (χ2n) is 9.42. The second kappa shape index (κ2) is 13.9. The van der Waals surface area contributed by atoms with E-state index in [1.165, 1.54) is 31.7 Å². The maximum Gasteiger partial charge on any atom is 0.499 e. The highest BCUT2D eigenvalue weighted by atomic mass is 35.5. The molecule has 0 bridgehead atoms. The van der Waals surface area contributed by atoms with Crippen molar-refractivity contribution in [2.75, 3.05) is 0 Å². The molecule has 0 aliphatic heterocycles. The van der Waals surface area contributed by atoms with Gasteiger partial charge in [-0.05, 0) is 65.4 Å². The maximum absolute atomic E-state index is 8.89. The number of rotatable bonds is 2. The predicted molar refractivity (Wildman–Crippen MR) is 188 cm³/mol. The smallest absolute Gasteiger partial charge is 0.423 e. The third-order valence-electron chi connectivity index (χ3n) is 6.54. The summed E-state index contributed by atoms with van der Waals surface area (Å²) in [7, 11) is -1.35. The Morgan fingerprint density at radius 2 is 1.05 bits per heavy atom. The Labute approximate surface area is 263 Å². The molecule has 212 valence electrons. The summed E-state index contributed by atoms with van der Waals surface area (Å²) in [6.45, 7) is 0. The van der Waals surface area contributed by atoms with Crippen molar-refractivity contribution < 1.29 is 10.0 Å². The van der Waals surface area contributed by atoms with Crippen LogP contribution >= 0.6 is 34.3 Å². The van der Waals surface area contributed by atoms with Gasteiger partial charge in [-0.1, -0.05) is 97.9 Å². The summed E-state index contributed by atoms with van der Waals surface area (Å²) in [6.07, 6.45) is 0. The Bertz CT molecular complexity index is 2060. The van der Waals surface area contributed by atoms with Gasteiger partial charge >= 0.3 is 7.12 Å². The van der Waals surface area contributed by atoms with Crippen LogP contribution in [0, 0.1) is 0 Å². The van der Waals surface area contributed by atoms with Crippen LogP contribution in [0.25, 0.3) is 52.5 Å². The van der Waals surface area contributed by atoms with Crippen LogP contribution in [0.3, 0.4) is 0 Å². The van der Waals surface area contributed by atoms with Crippen LogP contribution in [0.2, 0.25) is 5.15 Å². The number of thiophene rings is 2. The summed E-state index contributed by atoms with van der Waals surface area (Å²) in [4.78, 5) is 10.1. The Morgan fingerprint density at radius 3 is 1.65 bits per heavy atom. The van der Waals surface area contributed by atoms with Crippen molar-refractivity contribution in [3.05, 3.63) is 139 Å². The van der Waals surface area contributed by atoms with Crippen molar-refractivity contribution in [2.45, 2.75) is 7.43 Å². The van der Waals surface area contributed by atoms with E-state index >= 15 is 0 Å². The minimum Gasteiger partial charge on any atom is -0.423 e. The molecule has 4 aromatic heterocycles. The normalized spacial score (nSPS) is 10.5. The molecule has 0 aliphatic carbocycles. The second-order valence-corrected chi connectivity index (χ2v) is 12.0. The van der Waals surface area contributed by atoms with E-state index in [2.05, 4.69) is 59.6 Å². The number of hydrogen-bond acceptors (Lipinski definition) is 6. The van der Waals surface area contributed by atoms with Crippen LogP contribution in [0.5, 0.6) is 0 Å². The predicted octanol–water partition coefficient (Wildman–Crippen LogP) is 9.22. The topological polar surface area (TPSA) is 66.2 Å². The molecule has 2 N–H and O–H groups in total.